The number of rotatable bonds is 10. The molecule has 0 radical (unpaired) electrons. The van der Waals surface area contributed by atoms with Gasteiger partial charge in [-0.05, 0) is 39.5 Å². The van der Waals surface area contributed by atoms with Crippen LogP contribution in [0.25, 0.3) is 0 Å². The van der Waals surface area contributed by atoms with E-state index in [0.29, 0.717) is 24.5 Å². The Morgan fingerprint density at radius 2 is 2.10 bits per heavy atom. The summed E-state index contributed by atoms with van der Waals surface area (Å²) in [6.07, 6.45) is 4.63. The lowest BCUT2D eigenvalue weighted by molar-refractivity contribution is 0.0787. The average Bonchev–Trinajstić information content (AvgIpc) is 3.29. The van der Waals surface area contributed by atoms with Gasteiger partial charge in [0.15, 0.2) is 0 Å². The molecule has 5 heteroatoms. The Hall–Kier alpha value is -1.36. The average molecular weight is 293 g/mol. The van der Waals surface area contributed by atoms with Crippen LogP contribution in [0.5, 0.6) is 5.88 Å². The van der Waals surface area contributed by atoms with E-state index in [9.17, 15) is 0 Å². The second kappa shape index (κ2) is 8.17. The number of hydrogen-bond acceptors (Lipinski definition) is 5. The van der Waals surface area contributed by atoms with Crippen molar-refractivity contribution in [2.75, 3.05) is 25.1 Å². The van der Waals surface area contributed by atoms with Gasteiger partial charge < -0.3 is 14.8 Å². The Morgan fingerprint density at radius 3 is 2.76 bits per heavy atom. The molecule has 2 rings (SSSR count). The summed E-state index contributed by atoms with van der Waals surface area (Å²) >= 11 is 0. The van der Waals surface area contributed by atoms with Crippen LogP contribution in [0.3, 0.4) is 0 Å². The van der Waals surface area contributed by atoms with Gasteiger partial charge in [-0.3, -0.25) is 0 Å². The van der Waals surface area contributed by atoms with Crippen LogP contribution < -0.4 is 10.1 Å². The zero-order chi connectivity index (χ0) is 15.1. The molecular formula is C16H27N3O2. The minimum Gasteiger partial charge on any atom is -0.478 e. The zero-order valence-electron chi connectivity index (χ0n) is 13.4. The smallest absolute Gasteiger partial charge is 0.218 e. The Bertz CT molecular complexity index is 434. The van der Waals surface area contributed by atoms with Gasteiger partial charge in [0.05, 0.1) is 12.7 Å². The SMILES string of the molecule is CCCOc1cc(NCCCOC(C)C)nc(C2CC2)n1. The highest BCUT2D eigenvalue weighted by molar-refractivity contribution is 5.39. The molecule has 21 heavy (non-hydrogen) atoms. The van der Waals surface area contributed by atoms with Crippen molar-refractivity contribution >= 4 is 5.82 Å². The minimum absolute atomic E-state index is 0.291. The van der Waals surface area contributed by atoms with Crippen LogP contribution in [0.1, 0.15) is 58.2 Å². The first-order chi connectivity index (χ1) is 10.2. The summed E-state index contributed by atoms with van der Waals surface area (Å²) in [5.41, 5.74) is 0. The van der Waals surface area contributed by atoms with Crippen LogP contribution in [-0.2, 0) is 4.74 Å². The van der Waals surface area contributed by atoms with Crippen molar-refractivity contribution in [3.05, 3.63) is 11.9 Å². The van der Waals surface area contributed by atoms with Crippen LogP contribution in [0.2, 0.25) is 0 Å². The maximum absolute atomic E-state index is 5.66. The molecule has 1 fully saturated rings. The molecule has 1 aromatic heterocycles. The van der Waals surface area contributed by atoms with Gasteiger partial charge in [0.25, 0.3) is 0 Å². The van der Waals surface area contributed by atoms with Gasteiger partial charge in [0.2, 0.25) is 5.88 Å². The second-order valence-corrected chi connectivity index (χ2v) is 5.77. The van der Waals surface area contributed by atoms with E-state index in [-0.39, 0.29) is 0 Å². The van der Waals surface area contributed by atoms with E-state index in [1.54, 1.807) is 0 Å². The lowest BCUT2D eigenvalue weighted by Gasteiger charge is -2.11. The van der Waals surface area contributed by atoms with Gasteiger partial charge in [0.1, 0.15) is 11.6 Å². The summed E-state index contributed by atoms with van der Waals surface area (Å²) in [6, 6.07) is 1.89. The van der Waals surface area contributed by atoms with Crippen LogP contribution in [0.4, 0.5) is 5.82 Å². The number of aromatic nitrogens is 2. The predicted molar refractivity (Wildman–Crippen MR) is 84.0 cm³/mol. The van der Waals surface area contributed by atoms with E-state index < -0.39 is 0 Å². The number of nitrogens with one attached hydrogen (secondary N) is 1. The van der Waals surface area contributed by atoms with Crippen LogP contribution in [0, 0.1) is 0 Å². The summed E-state index contributed by atoms with van der Waals surface area (Å²) in [6.45, 7) is 8.51. The van der Waals surface area contributed by atoms with Crippen LogP contribution in [-0.4, -0.2) is 35.8 Å². The second-order valence-electron chi connectivity index (χ2n) is 5.77. The molecule has 0 saturated heterocycles. The molecule has 1 aliphatic rings. The molecule has 1 heterocycles. The Labute approximate surface area is 127 Å². The Kier molecular flexibility index (Phi) is 6.23. The predicted octanol–water partition coefficient (Wildman–Crippen LogP) is 3.37. The summed E-state index contributed by atoms with van der Waals surface area (Å²) in [7, 11) is 0. The van der Waals surface area contributed by atoms with Crippen molar-refractivity contribution < 1.29 is 9.47 Å². The third-order valence-electron chi connectivity index (χ3n) is 3.19. The molecule has 5 nitrogen and oxygen atoms in total. The molecule has 0 amide bonds. The number of nitrogens with zero attached hydrogens (tertiary/aromatic N) is 2. The van der Waals surface area contributed by atoms with Crippen LogP contribution in [0.15, 0.2) is 6.07 Å². The molecule has 118 valence electrons. The molecule has 0 atom stereocenters. The third kappa shape index (κ3) is 5.87. The molecule has 1 saturated carbocycles. The summed E-state index contributed by atoms with van der Waals surface area (Å²) in [4.78, 5) is 9.10. The van der Waals surface area contributed by atoms with E-state index in [1.807, 2.05) is 6.07 Å². The van der Waals surface area contributed by atoms with Gasteiger partial charge in [-0.15, -0.1) is 0 Å². The fraction of sp³-hybridized carbons (Fsp3) is 0.750. The van der Waals surface area contributed by atoms with Crippen molar-refractivity contribution in [1.29, 1.82) is 0 Å². The van der Waals surface area contributed by atoms with Crippen molar-refractivity contribution in [1.82, 2.24) is 9.97 Å². The fourth-order valence-corrected chi connectivity index (χ4v) is 1.95. The van der Waals surface area contributed by atoms with Gasteiger partial charge in [-0.25, -0.2) is 4.98 Å². The van der Waals surface area contributed by atoms with E-state index in [2.05, 4.69) is 36.1 Å². The molecule has 0 aliphatic heterocycles. The molecule has 0 unspecified atom stereocenters. The highest BCUT2D eigenvalue weighted by Gasteiger charge is 2.27. The van der Waals surface area contributed by atoms with Gasteiger partial charge in [-0.1, -0.05) is 6.92 Å². The molecule has 0 spiro atoms. The molecule has 1 aliphatic carbocycles. The van der Waals surface area contributed by atoms with Gasteiger partial charge in [0, 0.05) is 25.1 Å². The normalized spacial score (nSPS) is 14.5. The van der Waals surface area contributed by atoms with Crippen molar-refractivity contribution in [2.45, 2.75) is 58.5 Å². The van der Waals surface area contributed by atoms with E-state index >= 15 is 0 Å². The standard InChI is InChI=1S/C16H27N3O2/c1-4-9-21-15-11-14(17-8-5-10-20-12(2)3)18-16(19-15)13-6-7-13/h11-13H,4-10H2,1-3H3,(H,17,18,19). The van der Waals surface area contributed by atoms with Crippen molar-refractivity contribution in [3.63, 3.8) is 0 Å². The largest absolute Gasteiger partial charge is 0.478 e. The van der Waals surface area contributed by atoms with Crippen molar-refractivity contribution in [2.24, 2.45) is 0 Å². The Balaban J connectivity index is 1.86. The summed E-state index contributed by atoms with van der Waals surface area (Å²) in [5, 5.41) is 3.35. The van der Waals surface area contributed by atoms with Gasteiger partial charge in [-0.2, -0.15) is 4.98 Å². The molecular weight excluding hydrogens is 266 g/mol. The first-order valence-corrected chi connectivity index (χ1v) is 8.06. The number of hydrogen-bond donors (Lipinski definition) is 1. The number of ether oxygens (including phenoxy) is 2. The molecule has 1 N–H and O–H groups in total. The Morgan fingerprint density at radius 1 is 1.29 bits per heavy atom. The highest BCUT2D eigenvalue weighted by Crippen LogP contribution is 2.39. The molecule has 1 aromatic rings. The fourth-order valence-electron chi connectivity index (χ4n) is 1.95. The topological polar surface area (TPSA) is 56.3 Å². The monoisotopic (exact) mass is 293 g/mol. The zero-order valence-corrected chi connectivity index (χ0v) is 13.4. The van der Waals surface area contributed by atoms with Crippen molar-refractivity contribution in [3.8, 4) is 5.88 Å². The lowest BCUT2D eigenvalue weighted by Crippen LogP contribution is -2.11. The maximum Gasteiger partial charge on any atom is 0.218 e. The minimum atomic E-state index is 0.291. The summed E-state index contributed by atoms with van der Waals surface area (Å²) in [5.74, 6) is 3.00. The highest BCUT2D eigenvalue weighted by atomic mass is 16.5. The van der Waals surface area contributed by atoms with Crippen LogP contribution >= 0.6 is 0 Å². The maximum atomic E-state index is 5.66. The quantitative estimate of drug-likeness (QED) is 0.670. The summed E-state index contributed by atoms with van der Waals surface area (Å²) < 4.78 is 11.2. The first-order valence-electron chi connectivity index (χ1n) is 8.06. The van der Waals surface area contributed by atoms with E-state index in [1.165, 1.54) is 12.8 Å². The first kappa shape index (κ1) is 16.0. The number of anilines is 1. The lowest BCUT2D eigenvalue weighted by atomic mass is 10.3. The molecule has 0 aromatic carbocycles. The van der Waals surface area contributed by atoms with E-state index in [0.717, 1.165) is 37.6 Å². The van der Waals surface area contributed by atoms with Gasteiger partial charge >= 0.3 is 0 Å². The molecule has 0 bridgehead atoms. The van der Waals surface area contributed by atoms with E-state index in [4.69, 9.17) is 9.47 Å². The third-order valence-corrected chi connectivity index (χ3v) is 3.19.